The summed E-state index contributed by atoms with van der Waals surface area (Å²) in [4.78, 5) is 21.9. The van der Waals surface area contributed by atoms with Gasteiger partial charge < -0.3 is 4.74 Å². The summed E-state index contributed by atoms with van der Waals surface area (Å²) in [5, 5.41) is 0. The molecule has 0 aliphatic carbocycles. The Balaban J connectivity index is 3.56. The summed E-state index contributed by atoms with van der Waals surface area (Å²) in [6, 6.07) is 0. The topological polar surface area (TPSA) is 43.4 Å². The molecule has 13 heavy (non-hydrogen) atoms. The first kappa shape index (κ1) is 12.1. The minimum absolute atomic E-state index is 0.227. The molecular weight excluding hydrogens is 168 g/mol. The number of esters is 2. The van der Waals surface area contributed by atoms with E-state index >= 15 is 0 Å². The standard InChI is InChI=1S/C10H18O3/c1-4-5-6-7-9(11)13-10(12)8(2)3/h8H,4-7H2,1-3H3. The lowest BCUT2D eigenvalue weighted by Gasteiger charge is -2.04. The Labute approximate surface area is 79.5 Å². The number of rotatable bonds is 5. The highest BCUT2D eigenvalue weighted by Crippen LogP contribution is 2.03. The monoisotopic (exact) mass is 186 g/mol. The second-order valence-corrected chi connectivity index (χ2v) is 3.40. The first-order valence-corrected chi connectivity index (χ1v) is 4.82. The molecule has 0 radical (unpaired) electrons. The smallest absolute Gasteiger partial charge is 0.316 e. The normalized spacial score (nSPS) is 10.2. The van der Waals surface area contributed by atoms with Crippen molar-refractivity contribution >= 4 is 11.9 Å². The van der Waals surface area contributed by atoms with Gasteiger partial charge in [-0.1, -0.05) is 33.6 Å². The molecule has 0 aliphatic rings. The van der Waals surface area contributed by atoms with Crippen molar-refractivity contribution in [2.75, 3.05) is 0 Å². The zero-order valence-electron chi connectivity index (χ0n) is 8.63. The second-order valence-electron chi connectivity index (χ2n) is 3.40. The van der Waals surface area contributed by atoms with Crippen LogP contribution < -0.4 is 0 Å². The molecule has 0 N–H and O–H groups in total. The van der Waals surface area contributed by atoms with Gasteiger partial charge in [0.1, 0.15) is 0 Å². The van der Waals surface area contributed by atoms with E-state index in [1.54, 1.807) is 13.8 Å². The summed E-state index contributed by atoms with van der Waals surface area (Å²) in [6.45, 7) is 5.48. The predicted octanol–water partition coefficient (Wildman–Crippen LogP) is 2.29. The van der Waals surface area contributed by atoms with Gasteiger partial charge in [0.05, 0.1) is 5.92 Å². The molecule has 0 bridgehead atoms. The average Bonchev–Trinajstić information content (AvgIpc) is 2.04. The van der Waals surface area contributed by atoms with Gasteiger partial charge >= 0.3 is 11.9 Å². The van der Waals surface area contributed by atoms with Crippen LogP contribution in [0.15, 0.2) is 0 Å². The SMILES string of the molecule is CCCCCC(=O)OC(=O)C(C)C. The van der Waals surface area contributed by atoms with Crippen LogP contribution in [0.25, 0.3) is 0 Å². The Morgan fingerprint density at radius 3 is 2.31 bits per heavy atom. The van der Waals surface area contributed by atoms with Crippen molar-refractivity contribution in [1.82, 2.24) is 0 Å². The van der Waals surface area contributed by atoms with Crippen LogP contribution in [-0.2, 0) is 14.3 Å². The van der Waals surface area contributed by atoms with Crippen molar-refractivity contribution in [3.8, 4) is 0 Å². The van der Waals surface area contributed by atoms with Gasteiger partial charge in [0.25, 0.3) is 0 Å². The van der Waals surface area contributed by atoms with Gasteiger partial charge in [0.15, 0.2) is 0 Å². The van der Waals surface area contributed by atoms with E-state index in [1.165, 1.54) is 0 Å². The van der Waals surface area contributed by atoms with E-state index in [1.807, 2.05) is 0 Å². The van der Waals surface area contributed by atoms with Gasteiger partial charge in [-0.25, -0.2) is 0 Å². The zero-order valence-corrected chi connectivity index (χ0v) is 8.63. The van der Waals surface area contributed by atoms with E-state index in [0.29, 0.717) is 6.42 Å². The number of unbranched alkanes of at least 4 members (excludes halogenated alkanes) is 2. The molecule has 0 amide bonds. The second kappa shape index (κ2) is 6.63. The molecule has 0 aliphatic heterocycles. The molecular formula is C10H18O3. The Morgan fingerprint density at radius 1 is 1.23 bits per heavy atom. The Morgan fingerprint density at radius 2 is 1.85 bits per heavy atom. The molecule has 0 saturated heterocycles. The number of carbonyl (C=O) groups is 2. The third-order valence-corrected chi connectivity index (χ3v) is 1.67. The Hall–Kier alpha value is -0.860. The summed E-state index contributed by atoms with van der Waals surface area (Å²) in [6.07, 6.45) is 3.23. The third-order valence-electron chi connectivity index (χ3n) is 1.67. The highest BCUT2D eigenvalue weighted by Gasteiger charge is 2.13. The van der Waals surface area contributed by atoms with Gasteiger partial charge in [0, 0.05) is 6.42 Å². The molecule has 0 aromatic rings. The average molecular weight is 186 g/mol. The van der Waals surface area contributed by atoms with Crippen LogP contribution >= 0.6 is 0 Å². The molecule has 0 rings (SSSR count). The number of hydrogen-bond acceptors (Lipinski definition) is 3. The van der Waals surface area contributed by atoms with Crippen molar-refractivity contribution in [1.29, 1.82) is 0 Å². The van der Waals surface area contributed by atoms with Crippen molar-refractivity contribution < 1.29 is 14.3 Å². The molecule has 0 unspecified atom stereocenters. The number of ether oxygens (including phenoxy) is 1. The largest absolute Gasteiger partial charge is 0.393 e. The van der Waals surface area contributed by atoms with Crippen molar-refractivity contribution in [2.45, 2.75) is 46.5 Å². The van der Waals surface area contributed by atoms with Crippen LogP contribution in [0.1, 0.15) is 46.5 Å². The maximum Gasteiger partial charge on any atom is 0.316 e. The lowest BCUT2D eigenvalue weighted by Crippen LogP contribution is -2.16. The summed E-state index contributed by atoms with van der Waals surface area (Å²) in [5.41, 5.74) is 0. The maximum absolute atomic E-state index is 11.0. The predicted molar refractivity (Wildman–Crippen MR) is 50.1 cm³/mol. The summed E-state index contributed by atoms with van der Waals surface area (Å²) in [7, 11) is 0. The molecule has 0 heterocycles. The van der Waals surface area contributed by atoms with Crippen molar-refractivity contribution in [3.05, 3.63) is 0 Å². The third kappa shape index (κ3) is 6.31. The van der Waals surface area contributed by atoms with E-state index < -0.39 is 11.9 Å². The van der Waals surface area contributed by atoms with E-state index in [9.17, 15) is 9.59 Å². The minimum Gasteiger partial charge on any atom is -0.393 e. The molecule has 0 aromatic carbocycles. The maximum atomic E-state index is 11.0. The first-order chi connectivity index (χ1) is 6.07. The van der Waals surface area contributed by atoms with Crippen LogP contribution in [0, 0.1) is 5.92 Å². The van der Waals surface area contributed by atoms with E-state index in [4.69, 9.17) is 0 Å². The number of carbonyl (C=O) groups excluding carboxylic acids is 2. The first-order valence-electron chi connectivity index (χ1n) is 4.82. The fourth-order valence-corrected chi connectivity index (χ4v) is 0.800. The van der Waals surface area contributed by atoms with E-state index in [2.05, 4.69) is 11.7 Å². The van der Waals surface area contributed by atoms with Crippen LogP contribution in [0.3, 0.4) is 0 Å². The van der Waals surface area contributed by atoms with Crippen LogP contribution in [0.4, 0.5) is 0 Å². The highest BCUT2D eigenvalue weighted by atomic mass is 16.6. The Kier molecular flexibility index (Phi) is 6.20. The summed E-state index contributed by atoms with van der Waals surface area (Å²) >= 11 is 0. The molecule has 3 nitrogen and oxygen atoms in total. The molecule has 0 aromatic heterocycles. The van der Waals surface area contributed by atoms with Crippen LogP contribution in [-0.4, -0.2) is 11.9 Å². The summed E-state index contributed by atoms with van der Waals surface area (Å²) in [5.74, 6) is -1.05. The molecule has 3 heteroatoms. The molecule has 76 valence electrons. The van der Waals surface area contributed by atoms with Crippen LogP contribution in [0.2, 0.25) is 0 Å². The Bertz CT molecular complexity index is 173. The lowest BCUT2D eigenvalue weighted by molar-refractivity contribution is -0.162. The van der Waals surface area contributed by atoms with E-state index in [-0.39, 0.29) is 5.92 Å². The van der Waals surface area contributed by atoms with Gasteiger partial charge in [0.2, 0.25) is 0 Å². The fourth-order valence-electron chi connectivity index (χ4n) is 0.800. The molecule has 0 fully saturated rings. The fraction of sp³-hybridized carbons (Fsp3) is 0.800. The van der Waals surface area contributed by atoms with Gasteiger partial charge in [-0.2, -0.15) is 0 Å². The van der Waals surface area contributed by atoms with Crippen molar-refractivity contribution in [2.24, 2.45) is 5.92 Å². The molecule has 0 atom stereocenters. The molecule has 0 spiro atoms. The highest BCUT2D eigenvalue weighted by molar-refractivity contribution is 5.86. The quantitative estimate of drug-likeness (QED) is 0.376. The van der Waals surface area contributed by atoms with Gasteiger partial charge in [-0.3, -0.25) is 9.59 Å². The van der Waals surface area contributed by atoms with Crippen molar-refractivity contribution in [3.63, 3.8) is 0 Å². The zero-order chi connectivity index (χ0) is 10.3. The van der Waals surface area contributed by atoms with Gasteiger partial charge in [-0.15, -0.1) is 0 Å². The van der Waals surface area contributed by atoms with Gasteiger partial charge in [-0.05, 0) is 6.42 Å². The minimum atomic E-state index is -0.429. The molecule has 0 saturated carbocycles. The van der Waals surface area contributed by atoms with Crippen LogP contribution in [0.5, 0.6) is 0 Å². The number of hydrogen-bond donors (Lipinski definition) is 0. The summed E-state index contributed by atoms with van der Waals surface area (Å²) < 4.78 is 4.58. The van der Waals surface area contributed by atoms with E-state index in [0.717, 1.165) is 19.3 Å². The lowest BCUT2D eigenvalue weighted by atomic mass is 10.2.